The van der Waals surface area contributed by atoms with Crippen LogP contribution >= 0.6 is 0 Å². The molecule has 1 amide bonds. The summed E-state index contributed by atoms with van der Waals surface area (Å²) in [5, 5.41) is 2.77. The van der Waals surface area contributed by atoms with Crippen molar-refractivity contribution in [2.75, 3.05) is 12.4 Å². The molecule has 0 spiro atoms. The molecule has 0 aliphatic heterocycles. The van der Waals surface area contributed by atoms with Gasteiger partial charge in [-0.25, -0.2) is 13.1 Å². The fourth-order valence-corrected chi connectivity index (χ4v) is 4.61. The summed E-state index contributed by atoms with van der Waals surface area (Å²) in [4.78, 5) is 12.6. The number of ether oxygens (including phenoxy) is 1. The molecule has 4 N–H and O–H groups in total. The van der Waals surface area contributed by atoms with E-state index in [9.17, 15) is 13.2 Å². The number of hydrogen-bond acceptors (Lipinski definition) is 5. The summed E-state index contributed by atoms with van der Waals surface area (Å²) >= 11 is 0. The molecule has 25 heavy (non-hydrogen) atoms. The summed E-state index contributed by atoms with van der Waals surface area (Å²) in [6.45, 7) is 0. The van der Waals surface area contributed by atoms with Crippen molar-refractivity contribution in [1.29, 1.82) is 0 Å². The number of nitrogens with one attached hydrogen (secondary N) is 2. The van der Waals surface area contributed by atoms with Gasteiger partial charge in [0.15, 0.2) is 0 Å². The van der Waals surface area contributed by atoms with Crippen LogP contribution in [0.2, 0.25) is 0 Å². The second-order valence-electron chi connectivity index (χ2n) is 6.93. The van der Waals surface area contributed by atoms with Gasteiger partial charge in [-0.1, -0.05) is 19.3 Å². The molecule has 0 atom stereocenters. The van der Waals surface area contributed by atoms with Crippen LogP contribution in [0.3, 0.4) is 0 Å². The predicted octanol–water partition coefficient (Wildman–Crippen LogP) is 1.74. The summed E-state index contributed by atoms with van der Waals surface area (Å²) in [6.07, 6.45) is 5.91. The number of nitrogens with two attached hydrogens (primary N) is 1. The van der Waals surface area contributed by atoms with Gasteiger partial charge in [-0.15, -0.1) is 0 Å². The van der Waals surface area contributed by atoms with Crippen LogP contribution in [0.15, 0.2) is 23.1 Å². The van der Waals surface area contributed by atoms with Gasteiger partial charge in [0.2, 0.25) is 15.9 Å². The minimum absolute atomic E-state index is 0.0116. The molecule has 1 aromatic rings. The molecule has 3 rings (SSSR count). The molecule has 2 fully saturated rings. The molecule has 7 nitrogen and oxygen atoms in total. The van der Waals surface area contributed by atoms with Crippen molar-refractivity contribution >= 4 is 21.6 Å². The maximum Gasteiger partial charge on any atom is 0.244 e. The molecule has 2 aliphatic carbocycles. The van der Waals surface area contributed by atoms with Crippen molar-refractivity contribution < 1.29 is 17.9 Å². The quantitative estimate of drug-likeness (QED) is 0.709. The third-order valence-electron chi connectivity index (χ3n) is 4.81. The third kappa shape index (κ3) is 4.13. The van der Waals surface area contributed by atoms with Gasteiger partial charge < -0.3 is 15.8 Å². The minimum Gasteiger partial charge on any atom is -0.495 e. The molecule has 2 aliphatic rings. The first-order valence-electron chi connectivity index (χ1n) is 8.65. The van der Waals surface area contributed by atoms with Crippen molar-refractivity contribution in [3.05, 3.63) is 18.2 Å². The van der Waals surface area contributed by atoms with Gasteiger partial charge in [0.25, 0.3) is 0 Å². The lowest BCUT2D eigenvalue weighted by Gasteiger charge is -2.31. The largest absolute Gasteiger partial charge is 0.495 e. The number of benzene rings is 1. The number of rotatable bonds is 6. The zero-order valence-electron chi connectivity index (χ0n) is 14.4. The number of sulfonamides is 1. The highest BCUT2D eigenvalue weighted by Crippen LogP contribution is 2.31. The highest BCUT2D eigenvalue weighted by Gasteiger charge is 2.35. The number of methoxy groups -OCH3 is 1. The molecule has 138 valence electrons. The summed E-state index contributed by atoms with van der Waals surface area (Å²) in [7, 11) is -2.28. The Morgan fingerprint density at radius 3 is 2.52 bits per heavy atom. The van der Waals surface area contributed by atoms with E-state index in [1.165, 1.54) is 13.2 Å². The summed E-state index contributed by atoms with van der Waals surface area (Å²) in [5.74, 6) is -0.0258. The highest BCUT2D eigenvalue weighted by atomic mass is 32.2. The van der Waals surface area contributed by atoms with Gasteiger partial charge in [-0.05, 0) is 43.9 Å². The molecule has 0 radical (unpaired) electrons. The number of anilines is 1. The predicted molar refractivity (Wildman–Crippen MR) is 95.0 cm³/mol. The Balaban J connectivity index is 1.82. The Kier molecular flexibility index (Phi) is 5.04. The van der Waals surface area contributed by atoms with E-state index in [1.807, 2.05) is 0 Å². The van der Waals surface area contributed by atoms with E-state index in [0.717, 1.165) is 32.1 Å². The van der Waals surface area contributed by atoms with Gasteiger partial charge in [0, 0.05) is 11.7 Å². The third-order valence-corrected chi connectivity index (χ3v) is 6.35. The topological polar surface area (TPSA) is 111 Å². The van der Waals surface area contributed by atoms with Crippen molar-refractivity contribution in [2.24, 2.45) is 5.73 Å². The Bertz CT molecular complexity index is 753. The van der Waals surface area contributed by atoms with Gasteiger partial charge in [-0.2, -0.15) is 0 Å². The van der Waals surface area contributed by atoms with Crippen LogP contribution in [0, 0.1) is 0 Å². The van der Waals surface area contributed by atoms with Crippen LogP contribution in [0.1, 0.15) is 44.9 Å². The zero-order valence-corrected chi connectivity index (χ0v) is 15.2. The van der Waals surface area contributed by atoms with Gasteiger partial charge in [0.1, 0.15) is 10.6 Å². The number of amides is 1. The lowest BCUT2D eigenvalue weighted by atomic mass is 9.82. The first-order chi connectivity index (χ1) is 11.8. The van der Waals surface area contributed by atoms with E-state index in [4.69, 9.17) is 10.5 Å². The van der Waals surface area contributed by atoms with E-state index in [2.05, 4.69) is 10.0 Å². The van der Waals surface area contributed by atoms with Crippen LogP contribution in [0.4, 0.5) is 5.69 Å². The van der Waals surface area contributed by atoms with E-state index >= 15 is 0 Å². The van der Waals surface area contributed by atoms with Crippen LogP contribution in [-0.4, -0.2) is 33.0 Å². The standard InChI is InChI=1S/C17H25N3O4S/c1-24-14-8-7-13(11-15(14)25(22,23)20-12-5-6-12)19-16(21)17(18)9-3-2-4-10-17/h7-8,11-12,20H,2-6,9-10,18H2,1H3,(H,19,21). The average Bonchev–Trinajstić information content (AvgIpc) is 3.38. The molecule has 0 unspecified atom stereocenters. The van der Waals surface area contributed by atoms with E-state index in [0.29, 0.717) is 18.5 Å². The van der Waals surface area contributed by atoms with Crippen LogP contribution in [0.5, 0.6) is 5.75 Å². The SMILES string of the molecule is COc1ccc(NC(=O)C2(N)CCCCC2)cc1S(=O)(=O)NC1CC1. The normalized spacial score (nSPS) is 20.1. The van der Waals surface area contributed by atoms with Crippen molar-refractivity contribution in [3.8, 4) is 5.75 Å². The first kappa shape index (κ1) is 18.2. The van der Waals surface area contributed by atoms with Crippen molar-refractivity contribution in [1.82, 2.24) is 4.72 Å². The number of hydrogen-bond donors (Lipinski definition) is 3. The van der Waals surface area contributed by atoms with Gasteiger partial charge in [-0.3, -0.25) is 4.79 Å². The first-order valence-corrected chi connectivity index (χ1v) is 10.1. The Hall–Kier alpha value is -1.64. The lowest BCUT2D eigenvalue weighted by Crippen LogP contribution is -2.52. The van der Waals surface area contributed by atoms with Crippen molar-refractivity contribution in [2.45, 2.75) is 61.4 Å². The van der Waals surface area contributed by atoms with Crippen LogP contribution in [-0.2, 0) is 14.8 Å². The molecule has 0 bridgehead atoms. The lowest BCUT2D eigenvalue weighted by molar-refractivity contribution is -0.122. The van der Waals surface area contributed by atoms with E-state index < -0.39 is 15.6 Å². The molecular weight excluding hydrogens is 342 g/mol. The minimum atomic E-state index is -3.70. The molecule has 2 saturated carbocycles. The smallest absolute Gasteiger partial charge is 0.244 e. The van der Waals surface area contributed by atoms with E-state index in [-0.39, 0.29) is 22.6 Å². The summed E-state index contributed by atoms with van der Waals surface area (Å²) in [6, 6.07) is 4.58. The maximum atomic E-state index is 12.6. The summed E-state index contributed by atoms with van der Waals surface area (Å²) in [5.41, 5.74) is 5.75. The molecule has 0 heterocycles. The number of carbonyl (C=O) groups excluding carboxylic acids is 1. The monoisotopic (exact) mass is 367 g/mol. The molecule has 0 saturated heterocycles. The fraction of sp³-hybridized carbons (Fsp3) is 0.588. The van der Waals surface area contributed by atoms with Gasteiger partial charge >= 0.3 is 0 Å². The molecular formula is C17H25N3O4S. The fourth-order valence-electron chi connectivity index (χ4n) is 3.11. The van der Waals surface area contributed by atoms with Gasteiger partial charge in [0.05, 0.1) is 12.6 Å². The second-order valence-corrected chi connectivity index (χ2v) is 8.61. The van der Waals surface area contributed by atoms with E-state index in [1.54, 1.807) is 12.1 Å². The number of carbonyl (C=O) groups is 1. The summed E-state index contributed by atoms with van der Waals surface area (Å²) < 4.78 is 32.9. The second kappa shape index (κ2) is 6.93. The van der Waals surface area contributed by atoms with Crippen LogP contribution in [0.25, 0.3) is 0 Å². The Morgan fingerprint density at radius 1 is 1.24 bits per heavy atom. The molecule has 8 heteroatoms. The van der Waals surface area contributed by atoms with Crippen LogP contribution < -0.4 is 20.5 Å². The zero-order chi connectivity index (χ0) is 18.1. The maximum absolute atomic E-state index is 12.6. The molecule has 1 aromatic carbocycles. The average molecular weight is 367 g/mol. The van der Waals surface area contributed by atoms with Crippen molar-refractivity contribution in [3.63, 3.8) is 0 Å². The Labute approximate surface area is 148 Å². The Morgan fingerprint density at radius 2 is 1.92 bits per heavy atom. The molecule has 0 aromatic heterocycles. The highest BCUT2D eigenvalue weighted by molar-refractivity contribution is 7.89.